The summed E-state index contributed by atoms with van der Waals surface area (Å²) in [5.41, 5.74) is 0. The van der Waals surface area contributed by atoms with Crippen LogP contribution in [0.4, 0.5) is 26.3 Å². The minimum Gasteiger partial charge on any atom is -0.481 e. The first-order valence-corrected chi connectivity index (χ1v) is 5.40. The fourth-order valence-corrected chi connectivity index (χ4v) is 0.880. The number of carboxylic acid groups (broad SMARTS) is 2. The Hall–Kier alpha value is -1.48. The lowest BCUT2D eigenvalue weighted by atomic mass is 10.2. The van der Waals surface area contributed by atoms with Crippen molar-refractivity contribution < 1.29 is 46.1 Å². The number of alkyl halides is 6. The van der Waals surface area contributed by atoms with Crippen LogP contribution in [0.5, 0.6) is 0 Å². The van der Waals surface area contributed by atoms with E-state index in [4.69, 9.17) is 10.2 Å². The average Bonchev–Trinajstić information content (AvgIpc) is 2.12. The topological polar surface area (TPSA) is 74.6 Å². The number of rotatable bonds is 6. The molecule has 0 spiro atoms. The van der Waals surface area contributed by atoms with Crippen molar-refractivity contribution in [3.8, 4) is 0 Å². The molecule has 20 heavy (non-hydrogen) atoms. The molecule has 0 fully saturated rings. The Balaban J connectivity index is 0. The van der Waals surface area contributed by atoms with Crippen molar-refractivity contribution in [2.75, 3.05) is 0 Å². The average molecular weight is 312 g/mol. The highest BCUT2D eigenvalue weighted by molar-refractivity contribution is 5.66. The summed E-state index contributed by atoms with van der Waals surface area (Å²) < 4.78 is 67.9. The maximum absolute atomic E-state index is 11.3. The molecule has 10 heteroatoms. The van der Waals surface area contributed by atoms with Gasteiger partial charge in [0.05, 0.1) is 0 Å². The van der Waals surface area contributed by atoms with Gasteiger partial charge in [0.2, 0.25) is 0 Å². The van der Waals surface area contributed by atoms with Crippen LogP contribution in [0.25, 0.3) is 0 Å². The molecule has 0 aromatic carbocycles. The van der Waals surface area contributed by atoms with E-state index in [-0.39, 0.29) is 12.8 Å². The van der Waals surface area contributed by atoms with Crippen molar-refractivity contribution in [1.29, 1.82) is 0 Å². The van der Waals surface area contributed by atoms with Crippen LogP contribution in [0.2, 0.25) is 0 Å². The first kappa shape index (κ1) is 20.8. The number of halogens is 6. The molecule has 0 aliphatic heterocycles. The van der Waals surface area contributed by atoms with E-state index >= 15 is 0 Å². The molecular weight excluding hydrogens is 298 g/mol. The van der Waals surface area contributed by atoms with E-state index in [1.807, 2.05) is 0 Å². The zero-order chi connectivity index (χ0) is 16.4. The summed E-state index contributed by atoms with van der Waals surface area (Å²) in [6.45, 7) is 0. The minimum atomic E-state index is -4.23. The van der Waals surface area contributed by atoms with E-state index in [2.05, 4.69) is 0 Å². The van der Waals surface area contributed by atoms with Crippen molar-refractivity contribution in [2.24, 2.45) is 0 Å². The summed E-state index contributed by atoms with van der Waals surface area (Å²) in [7, 11) is 0. The molecule has 0 saturated heterocycles. The third kappa shape index (κ3) is 25.4. The number of carbonyl (C=O) groups is 2. The van der Waals surface area contributed by atoms with Crippen LogP contribution < -0.4 is 0 Å². The summed E-state index contributed by atoms with van der Waals surface area (Å²) in [6.07, 6.45) is -12.0. The Morgan fingerprint density at radius 3 is 1.10 bits per heavy atom. The number of aliphatic carboxylic acids is 2. The molecule has 0 aliphatic carbocycles. The van der Waals surface area contributed by atoms with Gasteiger partial charge in [-0.3, -0.25) is 9.59 Å². The van der Waals surface area contributed by atoms with Gasteiger partial charge in [-0.2, -0.15) is 26.3 Å². The van der Waals surface area contributed by atoms with Gasteiger partial charge in [-0.15, -0.1) is 0 Å². The van der Waals surface area contributed by atoms with Crippen molar-refractivity contribution >= 4 is 11.9 Å². The minimum absolute atomic E-state index is 0.334. The molecule has 0 unspecified atom stereocenters. The third-order valence-corrected chi connectivity index (χ3v) is 1.70. The van der Waals surface area contributed by atoms with Gasteiger partial charge in [0.1, 0.15) is 0 Å². The molecule has 0 radical (unpaired) electrons. The summed E-state index contributed by atoms with van der Waals surface area (Å²) in [5.74, 6) is -2.38. The van der Waals surface area contributed by atoms with Crippen LogP contribution in [-0.2, 0) is 9.59 Å². The van der Waals surface area contributed by atoms with Crippen molar-refractivity contribution in [2.45, 2.75) is 50.9 Å². The molecule has 0 atom stereocenters. The van der Waals surface area contributed by atoms with Crippen LogP contribution >= 0.6 is 0 Å². The quantitative estimate of drug-likeness (QED) is 0.735. The number of carboxylic acids is 2. The molecule has 2 N–H and O–H groups in total. The molecule has 4 nitrogen and oxygen atoms in total. The van der Waals surface area contributed by atoms with Crippen LogP contribution in [0.15, 0.2) is 0 Å². The Morgan fingerprint density at radius 1 is 0.700 bits per heavy atom. The van der Waals surface area contributed by atoms with E-state index < -0.39 is 50.0 Å². The van der Waals surface area contributed by atoms with Crippen LogP contribution in [0.3, 0.4) is 0 Å². The summed E-state index contributed by atoms with van der Waals surface area (Å²) >= 11 is 0. The Kier molecular flexibility index (Phi) is 9.82. The Labute approximate surface area is 110 Å². The van der Waals surface area contributed by atoms with Gasteiger partial charge in [-0.05, 0) is 12.8 Å². The lowest BCUT2D eigenvalue weighted by Crippen LogP contribution is -2.07. The highest BCUT2D eigenvalue weighted by Gasteiger charge is 2.26. The maximum atomic E-state index is 11.3. The smallest absolute Gasteiger partial charge is 0.389 e. The summed E-state index contributed by atoms with van der Waals surface area (Å²) in [4.78, 5) is 19.4. The lowest BCUT2D eigenvalue weighted by Gasteiger charge is -2.02. The van der Waals surface area contributed by atoms with Crippen LogP contribution in [0, 0.1) is 0 Å². The highest BCUT2D eigenvalue weighted by atomic mass is 19.4. The largest absolute Gasteiger partial charge is 0.481 e. The van der Waals surface area contributed by atoms with Crippen molar-refractivity contribution in [1.82, 2.24) is 0 Å². The second-order valence-electron chi connectivity index (χ2n) is 3.72. The molecule has 0 aromatic rings. The summed E-state index contributed by atoms with van der Waals surface area (Å²) in [5, 5.41) is 15.9. The monoisotopic (exact) mass is 312 g/mol. The summed E-state index contributed by atoms with van der Waals surface area (Å²) in [6, 6.07) is 0. The van der Waals surface area contributed by atoms with Gasteiger partial charge in [0.15, 0.2) is 0 Å². The standard InChI is InChI=1S/2C5H7F3O2/c2*6-5(7,8)3-1-2-4(9)10/h2*1-3H2,(H,9,10). The fourth-order valence-electron chi connectivity index (χ4n) is 0.880. The van der Waals surface area contributed by atoms with E-state index in [1.54, 1.807) is 0 Å². The first-order chi connectivity index (χ1) is 8.83. The van der Waals surface area contributed by atoms with Gasteiger partial charge in [-0.1, -0.05) is 0 Å². The van der Waals surface area contributed by atoms with E-state index in [1.165, 1.54) is 0 Å². The molecular formula is C10H14F6O4. The highest BCUT2D eigenvalue weighted by Crippen LogP contribution is 2.22. The molecule has 0 aliphatic rings. The molecule has 0 rings (SSSR count). The van der Waals surface area contributed by atoms with Crippen molar-refractivity contribution in [3.05, 3.63) is 0 Å². The molecule has 0 saturated carbocycles. The zero-order valence-corrected chi connectivity index (χ0v) is 10.2. The molecule has 0 amide bonds. The maximum Gasteiger partial charge on any atom is 0.389 e. The second kappa shape index (κ2) is 9.43. The number of hydrogen-bond donors (Lipinski definition) is 2. The predicted molar refractivity (Wildman–Crippen MR) is 55.1 cm³/mol. The molecule has 120 valence electrons. The van der Waals surface area contributed by atoms with Gasteiger partial charge in [0, 0.05) is 25.7 Å². The first-order valence-electron chi connectivity index (χ1n) is 5.40. The number of hydrogen-bond acceptors (Lipinski definition) is 2. The fraction of sp³-hybridized carbons (Fsp3) is 0.800. The third-order valence-electron chi connectivity index (χ3n) is 1.70. The van der Waals surface area contributed by atoms with Gasteiger partial charge in [0.25, 0.3) is 0 Å². The van der Waals surface area contributed by atoms with Gasteiger partial charge < -0.3 is 10.2 Å². The zero-order valence-electron chi connectivity index (χ0n) is 10.2. The second-order valence-corrected chi connectivity index (χ2v) is 3.72. The molecule has 0 heterocycles. The SMILES string of the molecule is O=C(O)CCCC(F)(F)F.O=C(O)CCCC(F)(F)F. The molecule has 0 aromatic heterocycles. The van der Waals surface area contributed by atoms with E-state index in [0.717, 1.165) is 0 Å². The van der Waals surface area contributed by atoms with Gasteiger partial charge in [-0.25, -0.2) is 0 Å². The van der Waals surface area contributed by atoms with Crippen molar-refractivity contribution in [3.63, 3.8) is 0 Å². The van der Waals surface area contributed by atoms with Gasteiger partial charge >= 0.3 is 24.3 Å². The lowest BCUT2D eigenvalue weighted by molar-refractivity contribution is -0.144. The van der Waals surface area contributed by atoms with E-state index in [0.29, 0.717) is 0 Å². The van der Waals surface area contributed by atoms with E-state index in [9.17, 15) is 35.9 Å². The Morgan fingerprint density at radius 2 is 0.950 bits per heavy atom. The predicted octanol–water partition coefficient (Wildman–Crippen LogP) is 3.61. The normalized spacial score (nSPS) is 11.5. The van der Waals surface area contributed by atoms with Crippen LogP contribution in [-0.4, -0.2) is 34.5 Å². The van der Waals surface area contributed by atoms with Crippen LogP contribution in [0.1, 0.15) is 38.5 Å². The Bertz CT molecular complexity index is 267. The molecule has 0 bridgehead atoms.